The van der Waals surface area contributed by atoms with E-state index < -0.39 is 0 Å². The van der Waals surface area contributed by atoms with Crippen molar-refractivity contribution >= 4 is 40.0 Å². The highest BCUT2D eigenvalue weighted by molar-refractivity contribution is 6.30. The lowest BCUT2D eigenvalue weighted by Gasteiger charge is -2.18. The largest absolute Gasteiger partial charge is 0.497 e. The number of amides is 1. The number of hydrogen-bond donors (Lipinski definition) is 1. The van der Waals surface area contributed by atoms with Gasteiger partial charge in [-0.1, -0.05) is 29.8 Å². The Kier molecular flexibility index (Phi) is 6.82. The van der Waals surface area contributed by atoms with Gasteiger partial charge in [0.15, 0.2) is 5.65 Å². The van der Waals surface area contributed by atoms with Gasteiger partial charge in [0.05, 0.1) is 18.2 Å². The monoisotopic (exact) mass is 517 g/mol. The average Bonchev–Trinajstić information content (AvgIpc) is 3.69. The number of carbonyl (C=O) groups is 1. The standard InChI is InChI=1S/C27H28ClN7O2/c1-33(19-10-11-19)12-4-5-23(36)34(2)20-13-21(15-22(14-20)37-3)35-27-24(26(29)30-16-31-27)25(32-35)17-6-8-18(28)9-7-17/h4-9,13-16,19H,10-12H2,1-3H3,(H2,29,30,31). The third-order valence-corrected chi connectivity index (χ3v) is 6.76. The number of rotatable bonds is 8. The van der Waals surface area contributed by atoms with E-state index in [-0.39, 0.29) is 5.91 Å². The number of methoxy groups -OCH3 is 1. The minimum absolute atomic E-state index is 0.137. The maximum absolute atomic E-state index is 12.9. The Morgan fingerprint density at radius 1 is 1.19 bits per heavy atom. The van der Waals surface area contributed by atoms with Crippen LogP contribution in [-0.2, 0) is 4.79 Å². The molecule has 0 unspecified atom stereocenters. The number of nitrogens with two attached hydrogens (primary N) is 1. The zero-order valence-electron chi connectivity index (χ0n) is 20.9. The Balaban J connectivity index is 1.53. The van der Waals surface area contributed by atoms with Gasteiger partial charge in [0.2, 0.25) is 5.91 Å². The number of anilines is 2. The van der Waals surface area contributed by atoms with Crippen LogP contribution in [0.3, 0.4) is 0 Å². The second-order valence-electron chi connectivity index (χ2n) is 9.08. The zero-order chi connectivity index (χ0) is 26.1. The lowest BCUT2D eigenvalue weighted by Crippen LogP contribution is -2.25. The van der Waals surface area contributed by atoms with Crippen molar-refractivity contribution in [1.82, 2.24) is 24.6 Å². The quantitative estimate of drug-likeness (QED) is 0.347. The van der Waals surface area contributed by atoms with E-state index in [4.69, 9.17) is 27.2 Å². The van der Waals surface area contributed by atoms with Crippen LogP contribution in [0, 0.1) is 0 Å². The summed E-state index contributed by atoms with van der Waals surface area (Å²) in [7, 11) is 5.39. The summed E-state index contributed by atoms with van der Waals surface area (Å²) in [5.74, 6) is 0.753. The van der Waals surface area contributed by atoms with Crippen LogP contribution in [0.5, 0.6) is 5.75 Å². The van der Waals surface area contributed by atoms with E-state index in [1.54, 1.807) is 48.0 Å². The molecular weight excluding hydrogens is 490 g/mol. The SMILES string of the molecule is COc1cc(N(C)C(=O)C=CCN(C)C2CC2)cc(-n2nc(-c3ccc(Cl)cc3)c3c(N)ncnc32)c1. The van der Waals surface area contributed by atoms with Gasteiger partial charge in [0.25, 0.3) is 0 Å². The summed E-state index contributed by atoms with van der Waals surface area (Å²) in [6, 6.07) is 13.5. The van der Waals surface area contributed by atoms with Gasteiger partial charge in [-0.2, -0.15) is 5.10 Å². The zero-order valence-corrected chi connectivity index (χ0v) is 21.7. The molecule has 0 spiro atoms. The second kappa shape index (κ2) is 10.2. The molecule has 2 heterocycles. The third kappa shape index (κ3) is 5.14. The summed E-state index contributed by atoms with van der Waals surface area (Å²) in [6.07, 6.45) is 7.36. The van der Waals surface area contributed by atoms with Crippen molar-refractivity contribution in [3.63, 3.8) is 0 Å². The van der Waals surface area contributed by atoms with E-state index >= 15 is 0 Å². The molecule has 2 N–H and O–H groups in total. The molecule has 190 valence electrons. The summed E-state index contributed by atoms with van der Waals surface area (Å²) in [5, 5.41) is 6.09. The first-order valence-corrected chi connectivity index (χ1v) is 12.3. The van der Waals surface area contributed by atoms with Crippen molar-refractivity contribution in [2.45, 2.75) is 18.9 Å². The number of nitrogens with zero attached hydrogens (tertiary/aromatic N) is 6. The highest BCUT2D eigenvalue weighted by atomic mass is 35.5. The van der Waals surface area contributed by atoms with Crippen LogP contribution in [0.2, 0.25) is 5.02 Å². The molecule has 37 heavy (non-hydrogen) atoms. The lowest BCUT2D eigenvalue weighted by molar-refractivity contribution is -0.113. The van der Waals surface area contributed by atoms with Gasteiger partial charge in [0, 0.05) is 54.1 Å². The fourth-order valence-electron chi connectivity index (χ4n) is 4.19. The van der Waals surface area contributed by atoms with Crippen LogP contribution < -0.4 is 15.4 Å². The topological polar surface area (TPSA) is 102 Å². The van der Waals surface area contributed by atoms with Crippen LogP contribution in [-0.4, -0.2) is 64.3 Å². The van der Waals surface area contributed by atoms with E-state index in [0.29, 0.717) is 50.7 Å². The maximum Gasteiger partial charge on any atom is 0.250 e. The molecule has 0 aliphatic heterocycles. The van der Waals surface area contributed by atoms with Gasteiger partial charge in [-0.15, -0.1) is 0 Å². The van der Waals surface area contributed by atoms with Gasteiger partial charge in [-0.05, 0) is 38.1 Å². The van der Waals surface area contributed by atoms with E-state index in [1.807, 2.05) is 30.3 Å². The normalized spacial score (nSPS) is 13.5. The Labute approximate surface area is 220 Å². The number of nitrogen functional groups attached to an aromatic ring is 1. The highest BCUT2D eigenvalue weighted by Crippen LogP contribution is 2.34. The molecule has 9 nitrogen and oxygen atoms in total. The van der Waals surface area contributed by atoms with Crippen LogP contribution in [0.4, 0.5) is 11.5 Å². The number of fused-ring (bicyclic) bond motifs is 1. The Morgan fingerprint density at radius 3 is 2.65 bits per heavy atom. The lowest BCUT2D eigenvalue weighted by atomic mass is 10.1. The smallest absolute Gasteiger partial charge is 0.250 e. The molecule has 0 atom stereocenters. The van der Waals surface area contributed by atoms with Gasteiger partial charge in [-0.25, -0.2) is 14.6 Å². The minimum atomic E-state index is -0.137. The molecule has 1 aliphatic rings. The predicted molar refractivity (Wildman–Crippen MR) is 146 cm³/mol. The molecule has 2 aromatic carbocycles. The molecule has 0 radical (unpaired) electrons. The van der Waals surface area contributed by atoms with E-state index in [2.05, 4.69) is 21.9 Å². The van der Waals surface area contributed by atoms with Crippen molar-refractivity contribution in [2.75, 3.05) is 38.4 Å². The Bertz CT molecular complexity index is 1480. The molecule has 4 aromatic rings. The molecule has 1 fully saturated rings. The molecular formula is C27H28ClN7O2. The van der Waals surface area contributed by atoms with Crippen molar-refractivity contribution in [1.29, 1.82) is 0 Å². The third-order valence-electron chi connectivity index (χ3n) is 6.51. The molecule has 2 aromatic heterocycles. The summed E-state index contributed by atoms with van der Waals surface area (Å²) in [4.78, 5) is 25.4. The van der Waals surface area contributed by atoms with Crippen LogP contribution in [0.25, 0.3) is 28.0 Å². The number of halogens is 1. The van der Waals surface area contributed by atoms with Crippen LogP contribution in [0.1, 0.15) is 12.8 Å². The van der Waals surface area contributed by atoms with Crippen molar-refractivity contribution in [3.05, 3.63) is 66.0 Å². The van der Waals surface area contributed by atoms with Gasteiger partial charge < -0.3 is 15.4 Å². The minimum Gasteiger partial charge on any atom is -0.497 e. The molecule has 1 aliphatic carbocycles. The molecule has 1 amide bonds. The second-order valence-corrected chi connectivity index (χ2v) is 9.52. The van der Waals surface area contributed by atoms with E-state index in [0.717, 1.165) is 12.1 Å². The number of ether oxygens (including phenoxy) is 1. The summed E-state index contributed by atoms with van der Waals surface area (Å²) < 4.78 is 7.24. The maximum atomic E-state index is 12.9. The van der Waals surface area contributed by atoms with Gasteiger partial charge in [-0.3, -0.25) is 9.69 Å². The average molecular weight is 518 g/mol. The first kappa shape index (κ1) is 24.7. The van der Waals surface area contributed by atoms with Crippen molar-refractivity contribution in [2.24, 2.45) is 0 Å². The fourth-order valence-corrected chi connectivity index (χ4v) is 4.32. The predicted octanol–water partition coefficient (Wildman–Crippen LogP) is 4.34. The number of carbonyl (C=O) groups excluding carboxylic acids is 1. The fraction of sp³-hybridized carbons (Fsp3) is 0.259. The number of likely N-dealkylation sites (N-methyl/N-ethyl adjacent to an activating group) is 2. The summed E-state index contributed by atoms with van der Waals surface area (Å²) >= 11 is 6.09. The van der Waals surface area contributed by atoms with Gasteiger partial charge >= 0.3 is 0 Å². The highest BCUT2D eigenvalue weighted by Gasteiger charge is 2.25. The number of benzene rings is 2. The molecule has 5 rings (SSSR count). The first-order chi connectivity index (χ1) is 17.9. The first-order valence-electron chi connectivity index (χ1n) is 11.9. The summed E-state index contributed by atoms with van der Waals surface area (Å²) in [6.45, 7) is 0.738. The van der Waals surface area contributed by atoms with E-state index in [1.165, 1.54) is 19.2 Å². The molecule has 1 saturated carbocycles. The summed E-state index contributed by atoms with van der Waals surface area (Å²) in [5.41, 5.74) is 9.56. The molecule has 10 heteroatoms. The van der Waals surface area contributed by atoms with Crippen molar-refractivity contribution in [3.8, 4) is 22.7 Å². The van der Waals surface area contributed by atoms with Crippen molar-refractivity contribution < 1.29 is 9.53 Å². The van der Waals surface area contributed by atoms with E-state index in [9.17, 15) is 4.79 Å². The van der Waals surface area contributed by atoms with Gasteiger partial charge in [0.1, 0.15) is 23.6 Å². The van der Waals surface area contributed by atoms with Crippen LogP contribution >= 0.6 is 11.6 Å². The Hall–Kier alpha value is -3.95. The van der Waals surface area contributed by atoms with Crippen LogP contribution in [0.15, 0.2) is 60.9 Å². The number of aromatic nitrogens is 4. The number of hydrogen-bond acceptors (Lipinski definition) is 7. The molecule has 0 saturated heterocycles. The molecule has 0 bridgehead atoms. The Morgan fingerprint density at radius 2 is 1.95 bits per heavy atom.